The van der Waals surface area contributed by atoms with Crippen molar-refractivity contribution in [2.45, 2.75) is 43.0 Å². The first-order valence-electron chi connectivity index (χ1n) is 8.86. The number of fused-ring (bicyclic) bond motifs is 1. The highest BCUT2D eigenvalue weighted by Crippen LogP contribution is 2.29. The van der Waals surface area contributed by atoms with E-state index in [2.05, 4.69) is 20.1 Å². The average Bonchev–Trinajstić information content (AvgIpc) is 3.26. The van der Waals surface area contributed by atoms with Gasteiger partial charge in [-0.05, 0) is 49.8 Å². The molecule has 4 rings (SSSR count). The third-order valence-electron chi connectivity index (χ3n) is 5.05. The molecule has 2 aromatic rings. The molecule has 1 aromatic carbocycles. The topological polar surface area (TPSA) is 63.1 Å². The van der Waals surface area contributed by atoms with Gasteiger partial charge in [-0.15, -0.1) is 22.0 Å². The first kappa shape index (κ1) is 16.4. The molecule has 0 bridgehead atoms. The number of likely N-dealkylation sites (tertiary alicyclic amines) is 1. The molecule has 0 radical (unpaired) electrons. The van der Waals surface area contributed by atoms with Crippen LogP contribution in [0.4, 0.5) is 10.5 Å². The number of anilines is 1. The van der Waals surface area contributed by atoms with E-state index >= 15 is 0 Å². The number of hydrogen-bond acceptors (Lipinski definition) is 4. The molecular formula is C18H23N5OS. The van der Waals surface area contributed by atoms with Gasteiger partial charge >= 0.3 is 6.03 Å². The Morgan fingerprint density at radius 3 is 2.84 bits per heavy atom. The highest BCUT2D eigenvalue weighted by atomic mass is 32.2. The zero-order chi connectivity index (χ0) is 17.2. The van der Waals surface area contributed by atoms with Crippen LogP contribution in [-0.4, -0.2) is 45.0 Å². The van der Waals surface area contributed by atoms with E-state index in [1.165, 1.54) is 4.90 Å². The van der Waals surface area contributed by atoms with Crippen LogP contribution < -0.4 is 5.32 Å². The Morgan fingerprint density at radius 1 is 1.20 bits per heavy atom. The van der Waals surface area contributed by atoms with E-state index < -0.39 is 0 Å². The Morgan fingerprint density at radius 2 is 2.04 bits per heavy atom. The molecule has 1 saturated heterocycles. The molecule has 1 N–H and O–H groups in total. The van der Waals surface area contributed by atoms with E-state index in [-0.39, 0.29) is 11.9 Å². The van der Waals surface area contributed by atoms with Crippen molar-refractivity contribution < 1.29 is 4.79 Å². The van der Waals surface area contributed by atoms with Gasteiger partial charge in [0.2, 0.25) is 0 Å². The summed E-state index contributed by atoms with van der Waals surface area (Å²) in [7, 11) is 0. The quantitative estimate of drug-likeness (QED) is 0.856. The molecule has 2 amide bonds. The molecule has 1 aromatic heterocycles. The Labute approximate surface area is 152 Å². The number of hydrogen-bond donors (Lipinski definition) is 1. The number of nitrogens with one attached hydrogen (secondary N) is 1. The third-order valence-corrected chi connectivity index (χ3v) is 5.80. The first-order chi connectivity index (χ1) is 12.2. The van der Waals surface area contributed by atoms with Gasteiger partial charge in [0.15, 0.2) is 0 Å². The van der Waals surface area contributed by atoms with Crippen molar-refractivity contribution in [2.75, 3.05) is 24.7 Å². The normalized spacial score (nSPS) is 19.7. The van der Waals surface area contributed by atoms with Crippen LogP contribution in [-0.2, 0) is 13.0 Å². The van der Waals surface area contributed by atoms with E-state index in [4.69, 9.17) is 0 Å². The molecule has 0 unspecified atom stereocenters. The van der Waals surface area contributed by atoms with Gasteiger partial charge in [-0.3, -0.25) is 0 Å². The third kappa shape index (κ3) is 3.38. The standard InChI is InChI=1S/C18H23N5OS/c1-25-15-8-6-14(7-9-15)19-18(24)22-10-2-4-13(12-22)17-21-20-16-5-3-11-23(16)17/h6-9,13H,2-5,10-12H2,1H3,(H,19,24)/t13-/m1/s1. The zero-order valence-electron chi connectivity index (χ0n) is 14.4. The average molecular weight is 357 g/mol. The summed E-state index contributed by atoms with van der Waals surface area (Å²) in [6.07, 6.45) is 6.30. The molecule has 2 aliphatic rings. The summed E-state index contributed by atoms with van der Waals surface area (Å²) in [5, 5.41) is 11.7. The monoisotopic (exact) mass is 357 g/mol. The molecule has 0 spiro atoms. The number of urea groups is 1. The number of amides is 2. The van der Waals surface area contributed by atoms with Gasteiger partial charge < -0.3 is 14.8 Å². The van der Waals surface area contributed by atoms with Gasteiger partial charge in [-0.2, -0.15) is 0 Å². The number of benzene rings is 1. The summed E-state index contributed by atoms with van der Waals surface area (Å²) < 4.78 is 2.26. The SMILES string of the molecule is CSc1ccc(NC(=O)N2CCC[C@@H](c3nnc4n3CCC4)C2)cc1. The van der Waals surface area contributed by atoms with Crippen molar-refractivity contribution >= 4 is 23.5 Å². The minimum absolute atomic E-state index is 0.0252. The fraction of sp³-hybridized carbons (Fsp3) is 0.500. The fourth-order valence-corrected chi connectivity index (χ4v) is 4.13. The van der Waals surface area contributed by atoms with E-state index in [0.717, 1.165) is 56.1 Å². The predicted molar refractivity (Wildman–Crippen MR) is 99.1 cm³/mol. The van der Waals surface area contributed by atoms with Crippen LogP contribution in [0.5, 0.6) is 0 Å². The maximum atomic E-state index is 12.6. The molecule has 0 saturated carbocycles. The molecule has 3 heterocycles. The second-order valence-corrected chi connectivity index (χ2v) is 7.55. The molecule has 6 nitrogen and oxygen atoms in total. The number of thioether (sulfide) groups is 1. The predicted octanol–water partition coefficient (Wildman–Crippen LogP) is 3.36. The number of nitrogens with zero attached hydrogens (tertiary/aromatic N) is 4. The van der Waals surface area contributed by atoms with Crippen LogP contribution in [0.3, 0.4) is 0 Å². The molecule has 132 valence electrons. The lowest BCUT2D eigenvalue weighted by atomic mass is 9.97. The van der Waals surface area contributed by atoms with Crippen molar-refractivity contribution in [2.24, 2.45) is 0 Å². The fourth-order valence-electron chi connectivity index (χ4n) is 3.72. The van der Waals surface area contributed by atoms with E-state index in [9.17, 15) is 4.79 Å². The van der Waals surface area contributed by atoms with Crippen molar-refractivity contribution in [3.05, 3.63) is 35.9 Å². The Balaban J connectivity index is 1.42. The Hall–Kier alpha value is -2.02. The van der Waals surface area contributed by atoms with Crippen LogP contribution in [0.25, 0.3) is 0 Å². The van der Waals surface area contributed by atoms with Crippen molar-refractivity contribution in [1.29, 1.82) is 0 Å². The summed E-state index contributed by atoms with van der Waals surface area (Å²) in [6.45, 7) is 2.53. The molecule has 1 fully saturated rings. The molecule has 7 heteroatoms. The maximum Gasteiger partial charge on any atom is 0.321 e. The van der Waals surface area contributed by atoms with Crippen molar-refractivity contribution in [1.82, 2.24) is 19.7 Å². The summed E-state index contributed by atoms with van der Waals surface area (Å²) in [5.41, 5.74) is 0.841. The number of rotatable bonds is 3. The zero-order valence-corrected chi connectivity index (χ0v) is 15.3. The van der Waals surface area contributed by atoms with E-state index in [1.807, 2.05) is 35.4 Å². The van der Waals surface area contributed by atoms with Crippen LogP contribution in [0.15, 0.2) is 29.2 Å². The van der Waals surface area contributed by atoms with Crippen LogP contribution in [0.2, 0.25) is 0 Å². The van der Waals surface area contributed by atoms with E-state index in [1.54, 1.807) is 11.8 Å². The Kier molecular flexibility index (Phi) is 4.65. The summed E-state index contributed by atoms with van der Waals surface area (Å²) in [6, 6.07) is 7.94. The second-order valence-electron chi connectivity index (χ2n) is 6.67. The smallest absolute Gasteiger partial charge is 0.321 e. The van der Waals surface area contributed by atoms with Crippen LogP contribution >= 0.6 is 11.8 Å². The minimum Gasteiger partial charge on any atom is -0.324 e. The van der Waals surface area contributed by atoms with Gasteiger partial charge in [0.1, 0.15) is 11.6 Å². The lowest BCUT2D eigenvalue weighted by Gasteiger charge is -2.32. The molecule has 25 heavy (non-hydrogen) atoms. The highest BCUT2D eigenvalue weighted by molar-refractivity contribution is 7.98. The van der Waals surface area contributed by atoms with Crippen molar-refractivity contribution in [3.8, 4) is 0 Å². The second kappa shape index (κ2) is 7.07. The molecule has 2 aliphatic heterocycles. The van der Waals surface area contributed by atoms with Gasteiger partial charge in [0.05, 0.1) is 0 Å². The van der Waals surface area contributed by atoms with E-state index in [0.29, 0.717) is 6.54 Å². The number of aromatic nitrogens is 3. The summed E-state index contributed by atoms with van der Waals surface area (Å²) in [5.74, 6) is 2.46. The van der Waals surface area contributed by atoms with Crippen LogP contribution in [0.1, 0.15) is 36.8 Å². The first-order valence-corrected chi connectivity index (χ1v) is 10.1. The van der Waals surface area contributed by atoms with Gasteiger partial charge in [0.25, 0.3) is 0 Å². The number of aryl methyl sites for hydroxylation is 1. The number of piperidine rings is 1. The Bertz CT molecular complexity index is 757. The minimum atomic E-state index is -0.0252. The molecular weight excluding hydrogens is 334 g/mol. The van der Waals surface area contributed by atoms with Gasteiger partial charge in [0, 0.05) is 42.6 Å². The maximum absolute atomic E-state index is 12.6. The van der Waals surface area contributed by atoms with Crippen LogP contribution in [0, 0.1) is 0 Å². The van der Waals surface area contributed by atoms with Gasteiger partial charge in [-0.25, -0.2) is 4.79 Å². The largest absolute Gasteiger partial charge is 0.324 e. The van der Waals surface area contributed by atoms with Gasteiger partial charge in [-0.1, -0.05) is 0 Å². The lowest BCUT2D eigenvalue weighted by Crippen LogP contribution is -2.42. The highest BCUT2D eigenvalue weighted by Gasteiger charge is 2.30. The molecule has 0 aliphatic carbocycles. The summed E-state index contributed by atoms with van der Waals surface area (Å²) >= 11 is 1.69. The lowest BCUT2D eigenvalue weighted by molar-refractivity contribution is 0.190. The number of carbonyl (C=O) groups excluding carboxylic acids is 1. The van der Waals surface area contributed by atoms with Crippen molar-refractivity contribution in [3.63, 3.8) is 0 Å². The summed E-state index contributed by atoms with van der Waals surface area (Å²) in [4.78, 5) is 15.7. The number of carbonyl (C=O) groups is 1. The molecule has 1 atom stereocenters.